The van der Waals surface area contributed by atoms with Crippen LogP contribution in [0.3, 0.4) is 0 Å². The molecule has 0 spiro atoms. The van der Waals surface area contributed by atoms with E-state index in [0.29, 0.717) is 19.4 Å². The molecule has 0 aliphatic heterocycles. The van der Waals surface area contributed by atoms with Crippen molar-refractivity contribution in [1.29, 1.82) is 0 Å². The number of aliphatic hydroxyl groups excluding tert-OH is 1. The van der Waals surface area contributed by atoms with Crippen molar-refractivity contribution in [3.63, 3.8) is 0 Å². The minimum atomic E-state index is -0.271. The van der Waals surface area contributed by atoms with E-state index in [-0.39, 0.29) is 17.2 Å². The highest BCUT2D eigenvalue weighted by atomic mass is 16.5. The molecule has 1 fully saturated rings. The van der Waals surface area contributed by atoms with E-state index in [2.05, 4.69) is 0 Å². The summed E-state index contributed by atoms with van der Waals surface area (Å²) in [6.45, 7) is 6.57. The fourth-order valence-corrected chi connectivity index (χ4v) is 1.36. The number of rotatable bonds is 2. The highest BCUT2D eigenvalue weighted by Gasteiger charge is 2.40. The van der Waals surface area contributed by atoms with E-state index in [4.69, 9.17) is 15.6 Å². The molecule has 0 aromatic rings. The molecule has 3 heteroatoms. The molecule has 0 heterocycles. The maximum atomic E-state index is 9.08. The van der Waals surface area contributed by atoms with E-state index in [1.54, 1.807) is 0 Å². The molecule has 0 aromatic heterocycles. The number of nitrogens with two attached hydrogens (primary N) is 1. The molecule has 0 radical (unpaired) electrons. The summed E-state index contributed by atoms with van der Waals surface area (Å²) >= 11 is 0. The average molecular weight is 173 g/mol. The van der Waals surface area contributed by atoms with Gasteiger partial charge in [0.1, 0.15) is 0 Å². The Labute approximate surface area is 73.9 Å². The number of aliphatic hydroxyl groups is 1. The van der Waals surface area contributed by atoms with Crippen LogP contribution in [0.1, 0.15) is 33.6 Å². The first-order chi connectivity index (χ1) is 5.31. The van der Waals surface area contributed by atoms with Crippen molar-refractivity contribution in [2.24, 2.45) is 5.73 Å². The van der Waals surface area contributed by atoms with Crippen molar-refractivity contribution < 1.29 is 9.84 Å². The minimum Gasteiger partial charge on any atom is -0.393 e. The second-order valence-electron chi connectivity index (χ2n) is 4.83. The molecule has 1 rings (SSSR count). The lowest BCUT2D eigenvalue weighted by Crippen LogP contribution is -2.58. The first kappa shape index (κ1) is 9.96. The third kappa shape index (κ3) is 2.73. The van der Waals surface area contributed by atoms with E-state index in [1.165, 1.54) is 0 Å². The minimum absolute atomic E-state index is 0.132. The van der Waals surface area contributed by atoms with Gasteiger partial charge in [-0.05, 0) is 33.6 Å². The Kier molecular flexibility index (Phi) is 2.47. The van der Waals surface area contributed by atoms with Gasteiger partial charge in [-0.2, -0.15) is 0 Å². The van der Waals surface area contributed by atoms with E-state index in [9.17, 15) is 0 Å². The maximum absolute atomic E-state index is 9.08. The van der Waals surface area contributed by atoms with E-state index in [0.717, 1.165) is 0 Å². The predicted molar refractivity (Wildman–Crippen MR) is 47.9 cm³/mol. The Hall–Kier alpha value is -0.120. The van der Waals surface area contributed by atoms with Gasteiger partial charge in [0.25, 0.3) is 0 Å². The number of hydrogen-bond acceptors (Lipinski definition) is 3. The maximum Gasteiger partial charge on any atom is 0.0655 e. The van der Waals surface area contributed by atoms with Crippen LogP contribution in [0, 0.1) is 0 Å². The molecular weight excluding hydrogens is 154 g/mol. The lowest BCUT2D eigenvalue weighted by atomic mass is 9.76. The Morgan fingerprint density at radius 1 is 1.50 bits per heavy atom. The zero-order valence-electron chi connectivity index (χ0n) is 8.13. The molecular formula is C9H19NO2. The zero-order valence-corrected chi connectivity index (χ0v) is 8.13. The van der Waals surface area contributed by atoms with Crippen molar-refractivity contribution in [3.8, 4) is 0 Å². The fourth-order valence-electron chi connectivity index (χ4n) is 1.36. The quantitative estimate of drug-likeness (QED) is 0.644. The molecule has 0 saturated heterocycles. The standard InChI is InChI=1S/C9H19NO2/c1-8(2,3)12-6-9(10)4-7(11)5-9/h7,11H,4-6,10H2,1-3H3. The van der Waals surface area contributed by atoms with Gasteiger partial charge in [0.15, 0.2) is 0 Å². The monoisotopic (exact) mass is 173 g/mol. The van der Waals surface area contributed by atoms with E-state index < -0.39 is 0 Å². The Morgan fingerprint density at radius 2 is 2.00 bits per heavy atom. The molecule has 0 aromatic carbocycles. The van der Waals surface area contributed by atoms with Gasteiger partial charge in [0.2, 0.25) is 0 Å². The van der Waals surface area contributed by atoms with Gasteiger partial charge in [-0.25, -0.2) is 0 Å². The molecule has 0 unspecified atom stereocenters. The Bertz CT molecular complexity index is 156. The lowest BCUT2D eigenvalue weighted by molar-refractivity contribution is -0.0782. The number of hydrogen-bond donors (Lipinski definition) is 2. The van der Waals surface area contributed by atoms with Crippen LogP contribution in [0.25, 0.3) is 0 Å². The summed E-state index contributed by atoms with van der Waals surface area (Å²) in [5.74, 6) is 0. The summed E-state index contributed by atoms with van der Waals surface area (Å²) < 4.78 is 5.55. The summed E-state index contributed by atoms with van der Waals surface area (Å²) in [6.07, 6.45) is 1.13. The number of ether oxygens (including phenoxy) is 1. The molecule has 1 aliphatic rings. The van der Waals surface area contributed by atoms with Gasteiger partial charge in [0.05, 0.1) is 18.3 Å². The van der Waals surface area contributed by atoms with Crippen LogP contribution in [0.4, 0.5) is 0 Å². The molecule has 1 saturated carbocycles. The topological polar surface area (TPSA) is 55.5 Å². The van der Waals surface area contributed by atoms with Crippen molar-refractivity contribution in [2.75, 3.05) is 6.61 Å². The molecule has 0 atom stereocenters. The van der Waals surface area contributed by atoms with Crippen molar-refractivity contribution >= 4 is 0 Å². The van der Waals surface area contributed by atoms with Gasteiger partial charge < -0.3 is 15.6 Å². The highest BCUT2D eigenvalue weighted by molar-refractivity contribution is 4.98. The summed E-state index contributed by atoms with van der Waals surface area (Å²) in [5.41, 5.74) is 5.51. The van der Waals surface area contributed by atoms with Gasteiger partial charge in [-0.3, -0.25) is 0 Å². The van der Waals surface area contributed by atoms with Gasteiger partial charge in [-0.15, -0.1) is 0 Å². The summed E-state index contributed by atoms with van der Waals surface area (Å²) in [4.78, 5) is 0. The van der Waals surface area contributed by atoms with Crippen LogP contribution in [0.15, 0.2) is 0 Å². The summed E-state index contributed by atoms with van der Waals surface area (Å²) in [6, 6.07) is 0. The second-order valence-corrected chi connectivity index (χ2v) is 4.83. The average Bonchev–Trinajstić information content (AvgIpc) is 1.79. The largest absolute Gasteiger partial charge is 0.393 e. The Morgan fingerprint density at radius 3 is 2.33 bits per heavy atom. The summed E-state index contributed by atoms with van der Waals surface area (Å²) in [5, 5.41) is 9.08. The molecule has 1 aliphatic carbocycles. The van der Waals surface area contributed by atoms with Crippen LogP contribution < -0.4 is 5.73 Å². The van der Waals surface area contributed by atoms with E-state index >= 15 is 0 Å². The van der Waals surface area contributed by atoms with Crippen molar-refractivity contribution in [3.05, 3.63) is 0 Å². The second kappa shape index (κ2) is 2.98. The van der Waals surface area contributed by atoms with Crippen LogP contribution in [0.5, 0.6) is 0 Å². The highest BCUT2D eigenvalue weighted by Crippen LogP contribution is 2.30. The molecule has 3 N–H and O–H groups in total. The molecule has 3 nitrogen and oxygen atoms in total. The van der Waals surface area contributed by atoms with Crippen molar-refractivity contribution in [1.82, 2.24) is 0 Å². The normalized spacial score (nSPS) is 36.2. The Balaban J connectivity index is 2.24. The van der Waals surface area contributed by atoms with Gasteiger partial charge >= 0.3 is 0 Å². The molecule has 0 bridgehead atoms. The molecule has 72 valence electrons. The van der Waals surface area contributed by atoms with Crippen molar-refractivity contribution in [2.45, 2.75) is 50.9 Å². The third-order valence-corrected chi connectivity index (χ3v) is 2.08. The van der Waals surface area contributed by atoms with Crippen LogP contribution in [-0.4, -0.2) is 29.0 Å². The van der Waals surface area contributed by atoms with Crippen LogP contribution >= 0.6 is 0 Å². The van der Waals surface area contributed by atoms with Gasteiger partial charge in [-0.1, -0.05) is 0 Å². The summed E-state index contributed by atoms with van der Waals surface area (Å²) in [7, 11) is 0. The first-order valence-electron chi connectivity index (χ1n) is 4.42. The van der Waals surface area contributed by atoms with E-state index in [1.807, 2.05) is 20.8 Å². The molecule has 0 amide bonds. The van der Waals surface area contributed by atoms with Crippen LogP contribution in [-0.2, 0) is 4.74 Å². The fraction of sp³-hybridized carbons (Fsp3) is 1.00. The smallest absolute Gasteiger partial charge is 0.0655 e. The molecule has 12 heavy (non-hydrogen) atoms. The SMILES string of the molecule is CC(C)(C)OCC1(N)CC(O)C1. The zero-order chi connectivity index (χ0) is 9.41. The predicted octanol–water partition coefficient (Wildman–Crippen LogP) is 0.654. The van der Waals surface area contributed by atoms with Crippen LogP contribution in [0.2, 0.25) is 0 Å². The lowest BCUT2D eigenvalue weighted by Gasteiger charge is -2.43. The first-order valence-corrected chi connectivity index (χ1v) is 4.42. The van der Waals surface area contributed by atoms with Gasteiger partial charge in [0, 0.05) is 5.54 Å². The third-order valence-electron chi connectivity index (χ3n) is 2.08.